The minimum atomic E-state index is -4.40. The van der Waals surface area contributed by atoms with Crippen molar-refractivity contribution in [2.75, 3.05) is 16.6 Å². The van der Waals surface area contributed by atoms with E-state index in [2.05, 4.69) is 17.0 Å². The highest BCUT2D eigenvalue weighted by molar-refractivity contribution is 7.92. The van der Waals surface area contributed by atoms with Gasteiger partial charge in [-0.15, -0.1) is 0 Å². The lowest BCUT2D eigenvalue weighted by Gasteiger charge is -2.13. The van der Waals surface area contributed by atoms with Crippen molar-refractivity contribution in [3.05, 3.63) is 82.4 Å². The van der Waals surface area contributed by atoms with Crippen molar-refractivity contribution in [3.63, 3.8) is 0 Å². The number of Topliss-reactive ketones (excluding diaryl/α,β-unsaturated/α-hetero) is 1. The number of benzene rings is 3. The normalized spacial score (nSPS) is 11.2. The lowest BCUT2D eigenvalue weighted by molar-refractivity contribution is -0.115. The standard InChI is InChI=1S/C41H53ClN2O9S/c1-2-3-4-5-6-7-8-9-10-11-12-13-14-15-16-19-24-53-38-21-18-17-20-34(38)37(45)29-39(46)43-36-28-33(22-23-35(36)42)54(51,52)44-32-26-30(40(47)48)25-31(27-32)41(49)50/h17-18,20-23,25-28,44H,2-16,19,24,29H2,1H3,(H,43,46)(H,47,48)(H,49,50). The zero-order valence-corrected chi connectivity index (χ0v) is 32.6. The Morgan fingerprint density at radius 3 is 1.74 bits per heavy atom. The largest absolute Gasteiger partial charge is 0.493 e. The molecule has 0 aliphatic heterocycles. The van der Waals surface area contributed by atoms with Crippen LogP contribution in [-0.4, -0.2) is 48.9 Å². The molecular formula is C41H53ClN2O9S. The zero-order valence-electron chi connectivity index (χ0n) is 31.0. The molecule has 0 saturated carbocycles. The smallest absolute Gasteiger partial charge is 0.335 e. The van der Waals surface area contributed by atoms with Gasteiger partial charge in [-0.05, 0) is 55.0 Å². The van der Waals surface area contributed by atoms with Gasteiger partial charge in [0.2, 0.25) is 5.91 Å². The molecule has 294 valence electrons. The Kier molecular flexibility index (Phi) is 19.0. The summed E-state index contributed by atoms with van der Waals surface area (Å²) in [6.07, 6.45) is 19.7. The number of sulfonamides is 1. The first kappa shape index (κ1) is 44.0. The summed E-state index contributed by atoms with van der Waals surface area (Å²) in [5, 5.41) is 21.1. The molecule has 0 heterocycles. The first-order valence-electron chi connectivity index (χ1n) is 18.9. The number of anilines is 2. The maximum absolute atomic E-state index is 13.2. The maximum Gasteiger partial charge on any atom is 0.335 e. The van der Waals surface area contributed by atoms with E-state index in [1.54, 1.807) is 24.3 Å². The SMILES string of the molecule is CCCCCCCCCCCCCCCCCCOc1ccccc1C(=O)CC(=O)Nc1cc(S(=O)(=O)Nc2cc(C(=O)O)cc(C(=O)O)c2)ccc1Cl. The number of carbonyl (C=O) groups excluding carboxylic acids is 2. The third kappa shape index (κ3) is 15.5. The van der Waals surface area contributed by atoms with Crippen molar-refractivity contribution in [1.29, 1.82) is 0 Å². The van der Waals surface area contributed by atoms with E-state index in [1.165, 1.54) is 89.5 Å². The van der Waals surface area contributed by atoms with Crippen molar-refractivity contribution in [2.24, 2.45) is 0 Å². The molecule has 4 N–H and O–H groups in total. The van der Waals surface area contributed by atoms with Crippen molar-refractivity contribution in [3.8, 4) is 5.75 Å². The van der Waals surface area contributed by atoms with E-state index in [1.807, 2.05) is 0 Å². The molecule has 0 aromatic heterocycles. The minimum absolute atomic E-state index is 0.00155. The summed E-state index contributed by atoms with van der Waals surface area (Å²) in [5.74, 6) is -3.75. The lowest BCUT2D eigenvalue weighted by Crippen LogP contribution is -2.18. The van der Waals surface area contributed by atoms with Gasteiger partial charge in [0, 0.05) is 0 Å². The molecule has 3 aromatic rings. The predicted molar refractivity (Wildman–Crippen MR) is 212 cm³/mol. The molecule has 0 unspecified atom stereocenters. The summed E-state index contributed by atoms with van der Waals surface area (Å²) in [5.41, 5.74) is -1.01. The number of ether oxygens (including phenoxy) is 1. The number of aromatic carboxylic acids is 2. The van der Waals surface area contributed by atoms with Crippen molar-refractivity contribution in [2.45, 2.75) is 121 Å². The van der Waals surface area contributed by atoms with Gasteiger partial charge in [-0.3, -0.25) is 14.3 Å². The second-order valence-corrected chi connectivity index (χ2v) is 15.5. The summed E-state index contributed by atoms with van der Waals surface area (Å²) in [4.78, 5) is 48.6. The van der Waals surface area contributed by atoms with Gasteiger partial charge in [0.05, 0.1) is 51.0 Å². The summed E-state index contributed by atoms with van der Waals surface area (Å²) >= 11 is 6.24. The molecule has 0 bridgehead atoms. The lowest BCUT2D eigenvalue weighted by atomic mass is 10.0. The number of ketones is 1. The predicted octanol–water partition coefficient (Wildman–Crippen LogP) is 10.4. The molecule has 0 fully saturated rings. The number of hydrogen-bond donors (Lipinski definition) is 4. The van der Waals surface area contributed by atoms with Gasteiger partial charge in [0.1, 0.15) is 5.75 Å². The molecule has 0 saturated heterocycles. The van der Waals surface area contributed by atoms with E-state index in [4.69, 9.17) is 16.3 Å². The van der Waals surface area contributed by atoms with E-state index in [-0.39, 0.29) is 26.9 Å². The first-order valence-corrected chi connectivity index (χ1v) is 20.8. The van der Waals surface area contributed by atoms with Crippen LogP contribution in [0.5, 0.6) is 5.75 Å². The molecule has 0 spiro atoms. The van der Waals surface area contributed by atoms with Gasteiger partial charge in [-0.2, -0.15) is 0 Å². The Labute approximate surface area is 323 Å². The van der Waals surface area contributed by atoms with Crippen LogP contribution < -0.4 is 14.8 Å². The van der Waals surface area contributed by atoms with Crippen LogP contribution >= 0.6 is 11.6 Å². The monoisotopic (exact) mass is 784 g/mol. The molecule has 13 heteroatoms. The number of carboxylic acids is 2. The number of rotatable bonds is 27. The van der Waals surface area contributed by atoms with E-state index in [0.29, 0.717) is 12.4 Å². The van der Waals surface area contributed by atoms with E-state index < -0.39 is 51.2 Å². The summed E-state index contributed by atoms with van der Waals surface area (Å²) < 4.78 is 34.4. The van der Waals surface area contributed by atoms with Crippen LogP contribution in [0.1, 0.15) is 147 Å². The molecule has 0 aliphatic carbocycles. The highest BCUT2D eigenvalue weighted by Gasteiger charge is 2.21. The molecule has 3 rings (SSSR count). The molecule has 1 amide bonds. The minimum Gasteiger partial charge on any atom is -0.493 e. The fraction of sp³-hybridized carbons (Fsp3) is 0.463. The number of carbonyl (C=O) groups is 4. The van der Waals surface area contributed by atoms with Crippen LogP contribution in [0.2, 0.25) is 5.02 Å². The number of para-hydroxylation sites is 1. The van der Waals surface area contributed by atoms with Crippen LogP contribution in [0, 0.1) is 0 Å². The average Bonchev–Trinajstić information content (AvgIpc) is 3.13. The molecule has 54 heavy (non-hydrogen) atoms. The van der Waals surface area contributed by atoms with Gasteiger partial charge >= 0.3 is 11.9 Å². The maximum atomic E-state index is 13.2. The number of unbranched alkanes of at least 4 members (excludes halogenated alkanes) is 15. The van der Waals surface area contributed by atoms with E-state index in [9.17, 15) is 37.8 Å². The van der Waals surface area contributed by atoms with Crippen LogP contribution in [-0.2, 0) is 14.8 Å². The summed E-state index contributed by atoms with van der Waals surface area (Å²) in [6.45, 7) is 2.69. The number of amides is 1. The van der Waals surface area contributed by atoms with Crippen molar-refractivity contribution < 1.29 is 42.5 Å². The molecule has 0 aliphatic rings. The van der Waals surface area contributed by atoms with Crippen molar-refractivity contribution >= 4 is 56.6 Å². The molecule has 3 aromatic carbocycles. The Balaban J connectivity index is 1.43. The third-order valence-electron chi connectivity index (χ3n) is 8.97. The van der Waals surface area contributed by atoms with Gasteiger partial charge in [-0.25, -0.2) is 18.0 Å². The Hall–Kier alpha value is -4.42. The summed E-state index contributed by atoms with van der Waals surface area (Å²) in [7, 11) is -4.40. The van der Waals surface area contributed by atoms with Gasteiger partial charge in [0.25, 0.3) is 10.0 Å². The second-order valence-electron chi connectivity index (χ2n) is 13.5. The number of hydrogen-bond acceptors (Lipinski definition) is 7. The van der Waals surface area contributed by atoms with E-state index in [0.717, 1.165) is 49.6 Å². The highest BCUT2D eigenvalue weighted by Crippen LogP contribution is 2.28. The van der Waals surface area contributed by atoms with Crippen molar-refractivity contribution in [1.82, 2.24) is 0 Å². The average molecular weight is 785 g/mol. The van der Waals surface area contributed by atoms with Gasteiger partial charge in [-0.1, -0.05) is 127 Å². The van der Waals surface area contributed by atoms with Crippen LogP contribution in [0.4, 0.5) is 11.4 Å². The number of halogens is 1. The zero-order chi connectivity index (χ0) is 39.3. The summed E-state index contributed by atoms with van der Waals surface area (Å²) in [6, 6.07) is 13.0. The van der Waals surface area contributed by atoms with Crippen LogP contribution in [0.3, 0.4) is 0 Å². The molecule has 0 atom stereocenters. The third-order valence-corrected chi connectivity index (χ3v) is 10.7. The highest BCUT2D eigenvalue weighted by atomic mass is 35.5. The Morgan fingerprint density at radius 1 is 0.685 bits per heavy atom. The topological polar surface area (TPSA) is 176 Å². The number of nitrogens with one attached hydrogen (secondary N) is 2. The molecular weight excluding hydrogens is 732 g/mol. The Morgan fingerprint density at radius 2 is 1.20 bits per heavy atom. The molecule has 11 nitrogen and oxygen atoms in total. The van der Waals surface area contributed by atoms with Crippen LogP contribution in [0.25, 0.3) is 0 Å². The van der Waals surface area contributed by atoms with Crippen LogP contribution in [0.15, 0.2) is 65.6 Å². The van der Waals surface area contributed by atoms with E-state index >= 15 is 0 Å². The second kappa shape index (κ2) is 23.4. The quantitative estimate of drug-likeness (QED) is 0.0333. The Bertz CT molecular complexity index is 1780. The fourth-order valence-electron chi connectivity index (χ4n) is 6.01. The first-order chi connectivity index (χ1) is 25.9. The van der Waals surface area contributed by atoms with Gasteiger partial charge < -0.3 is 20.3 Å². The number of carboxylic acid groups (broad SMARTS) is 2. The molecule has 0 radical (unpaired) electrons. The van der Waals surface area contributed by atoms with Gasteiger partial charge in [0.15, 0.2) is 5.78 Å². The fourth-order valence-corrected chi connectivity index (χ4v) is 7.24.